The predicted molar refractivity (Wildman–Crippen MR) is 56.3 cm³/mol. The quantitative estimate of drug-likeness (QED) is 0.697. The van der Waals surface area contributed by atoms with Gasteiger partial charge in [-0.05, 0) is 20.3 Å². The van der Waals surface area contributed by atoms with E-state index in [9.17, 15) is 8.78 Å². The zero-order valence-electron chi connectivity index (χ0n) is 9.55. The molecule has 0 radical (unpaired) electrons. The van der Waals surface area contributed by atoms with Gasteiger partial charge in [-0.3, -0.25) is 9.80 Å². The van der Waals surface area contributed by atoms with Crippen LogP contribution in [-0.4, -0.2) is 54.0 Å². The summed E-state index contributed by atoms with van der Waals surface area (Å²) in [6.07, 6.45) is 1.10. The molecule has 2 saturated heterocycles. The van der Waals surface area contributed by atoms with Gasteiger partial charge in [-0.25, -0.2) is 8.78 Å². The van der Waals surface area contributed by atoms with Crippen molar-refractivity contribution in [3.8, 4) is 0 Å². The molecule has 0 aliphatic carbocycles. The summed E-state index contributed by atoms with van der Waals surface area (Å²) < 4.78 is 26.1. The van der Waals surface area contributed by atoms with Crippen LogP contribution >= 0.6 is 0 Å². The van der Waals surface area contributed by atoms with Crippen LogP contribution in [0.3, 0.4) is 0 Å². The molecule has 15 heavy (non-hydrogen) atoms. The average molecular weight is 218 g/mol. The smallest absolute Gasteiger partial charge is 0.261 e. The fourth-order valence-electron chi connectivity index (χ4n) is 2.61. The first kappa shape index (κ1) is 11.3. The van der Waals surface area contributed by atoms with E-state index in [0.717, 1.165) is 19.5 Å². The van der Waals surface area contributed by atoms with Crippen molar-refractivity contribution in [2.24, 2.45) is 0 Å². The molecule has 2 rings (SSSR count). The molecule has 0 N–H and O–H groups in total. The summed E-state index contributed by atoms with van der Waals surface area (Å²) >= 11 is 0. The Morgan fingerprint density at radius 2 is 2.00 bits per heavy atom. The van der Waals surface area contributed by atoms with Crippen molar-refractivity contribution in [1.82, 2.24) is 9.80 Å². The predicted octanol–water partition coefficient (Wildman–Crippen LogP) is 1.81. The summed E-state index contributed by atoms with van der Waals surface area (Å²) in [6, 6.07) is 0.902. The number of hydrogen-bond donors (Lipinski definition) is 0. The zero-order valence-corrected chi connectivity index (χ0v) is 9.55. The fraction of sp³-hybridized carbons (Fsp3) is 1.00. The van der Waals surface area contributed by atoms with Crippen molar-refractivity contribution in [2.45, 2.75) is 44.7 Å². The Kier molecular flexibility index (Phi) is 2.99. The number of rotatable bonds is 2. The SMILES string of the molecule is CC(C)N1CC[C@@H](N2CCC(F)(F)C2)C1. The van der Waals surface area contributed by atoms with Crippen molar-refractivity contribution in [2.75, 3.05) is 26.2 Å². The number of halogens is 2. The zero-order chi connectivity index (χ0) is 11.1. The van der Waals surface area contributed by atoms with Crippen molar-refractivity contribution >= 4 is 0 Å². The van der Waals surface area contributed by atoms with Gasteiger partial charge >= 0.3 is 0 Å². The van der Waals surface area contributed by atoms with Crippen LogP contribution in [0.15, 0.2) is 0 Å². The molecule has 2 aliphatic heterocycles. The molecule has 1 atom stereocenters. The maximum atomic E-state index is 13.0. The lowest BCUT2D eigenvalue weighted by atomic mass is 10.2. The summed E-state index contributed by atoms with van der Waals surface area (Å²) in [5.74, 6) is -2.44. The molecule has 0 bridgehead atoms. The Bertz CT molecular complexity index is 231. The number of hydrogen-bond acceptors (Lipinski definition) is 2. The van der Waals surface area contributed by atoms with Crippen molar-refractivity contribution < 1.29 is 8.78 Å². The Labute approximate surface area is 90.2 Å². The highest BCUT2D eigenvalue weighted by atomic mass is 19.3. The molecule has 2 heterocycles. The van der Waals surface area contributed by atoms with E-state index in [-0.39, 0.29) is 13.0 Å². The van der Waals surface area contributed by atoms with Gasteiger partial charge in [0.15, 0.2) is 0 Å². The highest BCUT2D eigenvalue weighted by Crippen LogP contribution is 2.30. The third kappa shape index (κ3) is 2.48. The van der Waals surface area contributed by atoms with Gasteiger partial charge in [-0.15, -0.1) is 0 Å². The molecule has 2 nitrogen and oxygen atoms in total. The van der Waals surface area contributed by atoms with Crippen LogP contribution in [0.4, 0.5) is 8.78 Å². The monoisotopic (exact) mass is 218 g/mol. The third-order valence-electron chi connectivity index (χ3n) is 3.64. The standard InChI is InChI=1S/C11H20F2N2/c1-9(2)14-5-3-10(7-14)15-6-4-11(12,13)8-15/h9-10H,3-8H2,1-2H3/t10-/m1/s1. The van der Waals surface area contributed by atoms with Crippen molar-refractivity contribution in [1.29, 1.82) is 0 Å². The van der Waals surface area contributed by atoms with E-state index in [1.807, 2.05) is 4.90 Å². The molecule has 0 unspecified atom stereocenters. The van der Waals surface area contributed by atoms with Crippen LogP contribution in [-0.2, 0) is 0 Å². The molecule has 0 saturated carbocycles. The van der Waals surface area contributed by atoms with Gasteiger partial charge in [-0.2, -0.15) is 0 Å². The molecule has 2 aliphatic rings. The Balaban J connectivity index is 1.87. The minimum atomic E-state index is -2.44. The molecule has 0 aromatic carbocycles. The largest absolute Gasteiger partial charge is 0.299 e. The van der Waals surface area contributed by atoms with Gasteiger partial charge in [0.25, 0.3) is 5.92 Å². The molecule has 0 aromatic rings. The molecular weight excluding hydrogens is 198 g/mol. The van der Waals surface area contributed by atoms with Crippen LogP contribution in [0.2, 0.25) is 0 Å². The maximum absolute atomic E-state index is 13.0. The summed E-state index contributed by atoms with van der Waals surface area (Å²) in [6.45, 7) is 6.91. The van der Waals surface area contributed by atoms with Gasteiger partial charge in [0.1, 0.15) is 0 Å². The van der Waals surface area contributed by atoms with E-state index >= 15 is 0 Å². The van der Waals surface area contributed by atoms with E-state index in [2.05, 4.69) is 18.7 Å². The first-order chi connectivity index (χ1) is 6.98. The minimum absolute atomic E-state index is 0.0242. The summed E-state index contributed by atoms with van der Waals surface area (Å²) in [5.41, 5.74) is 0. The Morgan fingerprint density at radius 1 is 1.27 bits per heavy atom. The molecule has 0 aromatic heterocycles. The molecular formula is C11H20F2N2. The van der Waals surface area contributed by atoms with Gasteiger partial charge in [0.2, 0.25) is 0 Å². The summed E-state index contributed by atoms with van der Waals surface area (Å²) in [5, 5.41) is 0. The topological polar surface area (TPSA) is 6.48 Å². The third-order valence-corrected chi connectivity index (χ3v) is 3.64. The maximum Gasteiger partial charge on any atom is 0.261 e. The van der Waals surface area contributed by atoms with Crippen molar-refractivity contribution in [3.05, 3.63) is 0 Å². The highest BCUT2D eigenvalue weighted by Gasteiger charge is 2.42. The van der Waals surface area contributed by atoms with Gasteiger partial charge in [0.05, 0.1) is 6.54 Å². The molecule has 0 spiro atoms. The van der Waals surface area contributed by atoms with E-state index in [0.29, 0.717) is 18.6 Å². The lowest BCUT2D eigenvalue weighted by Crippen LogP contribution is -2.38. The first-order valence-corrected chi connectivity index (χ1v) is 5.84. The molecule has 2 fully saturated rings. The normalized spacial score (nSPS) is 33.0. The van der Waals surface area contributed by atoms with E-state index in [1.54, 1.807) is 0 Å². The van der Waals surface area contributed by atoms with Crippen LogP contribution in [0.25, 0.3) is 0 Å². The second kappa shape index (κ2) is 3.98. The van der Waals surface area contributed by atoms with Gasteiger partial charge in [-0.1, -0.05) is 0 Å². The number of nitrogens with zero attached hydrogens (tertiary/aromatic N) is 2. The van der Waals surface area contributed by atoms with E-state index in [1.165, 1.54) is 0 Å². The van der Waals surface area contributed by atoms with Gasteiger partial charge < -0.3 is 0 Å². The summed E-state index contributed by atoms with van der Waals surface area (Å²) in [4.78, 5) is 4.35. The second-order valence-electron chi connectivity index (χ2n) is 5.11. The van der Waals surface area contributed by atoms with Crippen LogP contribution in [0, 0.1) is 0 Å². The molecule has 4 heteroatoms. The Morgan fingerprint density at radius 3 is 2.47 bits per heavy atom. The van der Waals surface area contributed by atoms with E-state index < -0.39 is 5.92 Å². The van der Waals surface area contributed by atoms with E-state index in [4.69, 9.17) is 0 Å². The molecule has 0 amide bonds. The molecule has 88 valence electrons. The van der Waals surface area contributed by atoms with Gasteiger partial charge in [0, 0.05) is 38.1 Å². The van der Waals surface area contributed by atoms with Crippen molar-refractivity contribution in [3.63, 3.8) is 0 Å². The average Bonchev–Trinajstić information content (AvgIpc) is 2.70. The highest BCUT2D eigenvalue weighted by molar-refractivity contribution is 4.91. The second-order valence-corrected chi connectivity index (χ2v) is 5.11. The lowest BCUT2D eigenvalue weighted by molar-refractivity contribution is 0.00793. The first-order valence-electron chi connectivity index (χ1n) is 5.84. The Hall–Kier alpha value is -0.220. The van der Waals surface area contributed by atoms with Crippen LogP contribution in [0.1, 0.15) is 26.7 Å². The minimum Gasteiger partial charge on any atom is -0.299 e. The summed E-state index contributed by atoms with van der Waals surface area (Å²) in [7, 11) is 0. The van der Waals surface area contributed by atoms with Crippen LogP contribution < -0.4 is 0 Å². The lowest BCUT2D eigenvalue weighted by Gasteiger charge is -2.25. The number of alkyl halides is 2. The fourth-order valence-corrected chi connectivity index (χ4v) is 2.61. The van der Waals surface area contributed by atoms with Crippen LogP contribution in [0.5, 0.6) is 0 Å². The number of likely N-dealkylation sites (tertiary alicyclic amines) is 2.